The summed E-state index contributed by atoms with van der Waals surface area (Å²) in [6, 6.07) is 0. The van der Waals surface area contributed by atoms with Crippen molar-refractivity contribution in [3.63, 3.8) is 0 Å². The fourth-order valence-electron chi connectivity index (χ4n) is 0. The minimum absolute atomic E-state index is 0. The molecule has 0 unspecified atom stereocenters. The first-order chi connectivity index (χ1) is 1.41. The van der Waals surface area contributed by atoms with Gasteiger partial charge in [-0.2, -0.15) is 0 Å². The van der Waals surface area contributed by atoms with Crippen molar-refractivity contribution in [2.45, 2.75) is 0 Å². The Kier molecular flexibility index (Phi) is 276. The van der Waals surface area contributed by atoms with Gasteiger partial charge < -0.3 is 18.6 Å². The van der Waals surface area contributed by atoms with Crippen LogP contribution in [0.5, 0.6) is 0 Å². The van der Waals surface area contributed by atoms with Crippen molar-refractivity contribution in [2.75, 3.05) is 0 Å². The van der Waals surface area contributed by atoms with E-state index in [4.69, 9.17) is 10.1 Å². The molecule has 4 N–H and O–H groups in total. The van der Waals surface area contributed by atoms with Crippen LogP contribution < -0.4 is 23.9 Å². The van der Waals surface area contributed by atoms with Crippen LogP contribution in [-0.2, 0) is 0 Å². The van der Waals surface area contributed by atoms with Crippen LogP contribution in [-0.4, -0.2) is 0 Å². The van der Waals surface area contributed by atoms with Gasteiger partial charge in [-0.25, -0.2) is 0 Å². The van der Waals surface area contributed by atoms with E-state index < -0.39 is 0 Å². The lowest BCUT2D eigenvalue weighted by atomic mass is 13.4. The molecule has 5 heavy (non-hydrogen) atoms. The van der Waals surface area contributed by atoms with Crippen LogP contribution >= 0.6 is 0 Å². The normalized spacial score (nSPS) is 2.40. The van der Waals surface area contributed by atoms with Gasteiger partial charge >= 0.3 is 0 Å². The molecular formula is H4ClN2O2-. The Morgan fingerprint density at radius 2 is 1.60 bits per heavy atom. The van der Waals surface area contributed by atoms with E-state index in [1.165, 1.54) is 0 Å². The third-order valence-corrected chi connectivity index (χ3v) is 0. The average molecular weight is 99.5 g/mol. The molecule has 5 heteroatoms. The third-order valence-electron chi connectivity index (χ3n) is 0. The lowest BCUT2D eigenvalue weighted by Crippen LogP contribution is -3.00. The van der Waals surface area contributed by atoms with Crippen LogP contribution in [0.2, 0.25) is 0 Å². The van der Waals surface area contributed by atoms with E-state index >= 15 is 0 Å². The highest BCUT2D eigenvalue weighted by Gasteiger charge is 1.10. The molecule has 4 nitrogen and oxygen atoms in total. The molecule has 34 valence electrons. The molecule has 0 aromatic carbocycles. The summed E-state index contributed by atoms with van der Waals surface area (Å²) in [4.78, 5) is 8.12. The molecule has 0 saturated carbocycles. The maximum Gasteiger partial charge on any atom is 0.00366 e. The molecule has 0 fully saturated rings. The summed E-state index contributed by atoms with van der Waals surface area (Å²) in [5, 5.41) is 8.38. The quantitative estimate of drug-likeness (QED) is 0.237. The van der Waals surface area contributed by atoms with Gasteiger partial charge in [0.1, 0.15) is 0 Å². The zero-order valence-electron chi connectivity index (χ0n) is 2.40. The van der Waals surface area contributed by atoms with Crippen molar-refractivity contribution in [1.82, 2.24) is 6.15 Å². The fourth-order valence-corrected chi connectivity index (χ4v) is 0. The van der Waals surface area contributed by atoms with Crippen molar-refractivity contribution in [2.24, 2.45) is 0 Å². The Morgan fingerprint density at radius 3 is 1.60 bits per heavy atom. The minimum Gasteiger partial charge on any atom is -1.00 e. The molecule has 0 radical (unpaired) electrons. The Hall–Kier alpha value is -0.350. The monoisotopic (exact) mass is 99.0 g/mol. The molecule has 0 amide bonds. The van der Waals surface area contributed by atoms with Gasteiger partial charge in [0.15, 0.2) is 0 Å². The zero-order chi connectivity index (χ0) is 2.71. The largest absolute Gasteiger partial charge is 1.00 e. The fraction of sp³-hybridized carbons (Fsp3) is 0. The predicted molar refractivity (Wildman–Crippen MR) is 12.7 cm³/mol. The van der Waals surface area contributed by atoms with Crippen LogP contribution in [0.3, 0.4) is 0 Å². The number of halogens is 1. The smallest absolute Gasteiger partial charge is 0.00366 e. The van der Waals surface area contributed by atoms with Crippen LogP contribution in [0.4, 0.5) is 0 Å². The molecule has 0 aromatic heterocycles. The molecule has 0 atom stereocenters. The Labute approximate surface area is 35.1 Å². The zero-order valence-corrected chi connectivity index (χ0v) is 3.16. The highest BCUT2D eigenvalue weighted by atomic mass is 35.5. The number of rotatable bonds is 0. The van der Waals surface area contributed by atoms with E-state index in [9.17, 15) is 0 Å². The summed E-state index contributed by atoms with van der Waals surface area (Å²) in [5.74, 6) is 0. The van der Waals surface area contributed by atoms with Crippen molar-refractivity contribution in [3.05, 3.63) is 10.1 Å². The standard InChI is InChI=1S/ClH.HNO2.H3N/c;2-1-3;/h1H;1H;1H3/p-1. The highest BCUT2D eigenvalue weighted by molar-refractivity contribution is 3.77. The highest BCUT2D eigenvalue weighted by Crippen LogP contribution is 0.618. The van der Waals surface area contributed by atoms with Gasteiger partial charge in [0, 0.05) is 5.34 Å². The van der Waals surface area contributed by atoms with Crippen LogP contribution in [0.15, 0.2) is 0 Å². The number of hydrogen-bond donors (Lipinski definition) is 2. The summed E-state index contributed by atoms with van der Waals surface area (Å²) >= 11 is 0. The van der Waals surface area contributed by atoms with E-state index in [1.807, 2.05) is 0 Å². The maximum absolute atomic E-state index is 8.12. The molecule has 0 aliphatic carbocycles. The molecule has 0 saturated heterocycles. The van der Waals surface area contributed by atoms with Crippen molar-refractivity contribution >= 4 is 0 Å². The molecule has 0 bridgehead atoms. The average Bonchev–Trinajstić information content (AvgIpc) is 0.918. The summed E-state index contributed by atoms with van der Waals surface area (Å²) in [6.45, 7) is 0. The molecule has 0 spiro atoms. The molecular weight excluding hydrogens is 95.5 g/mol. The second-order valence-corrected chi connectivity index (χ2v) is 0.0833. The summed E-state index contributed by atoms with van der Waals surface area (Å²) < 4.78 is 0. The lowest BCUT2D eigenvalue weighted by Gasteiger charge is -1.36. The maximum atomic E-state index is 8.12. The van der Waals surface area contributed by atoms with Gasteiger partial charge in [-0.05, 0) is 0 Å². The van der Waals surface area contributed by atoms with E-state index in [0.717, 1.165) is 0 Å². The lowest BCUT2D eigenvalue weighted by molar-refractivity contribution is -0.398. The van der Waals surface area contributed by atoms with Gasteiger partial charge in [0.25, 0.3) is 0 Å². The summed E-state index contributed by atoms with van der Waals surface area (Å²) in [6.07, 6.45) is 0. The second-order valence-electron chi connectivity index (χ2n) is 0.0833. The minimum atomic E-state index is 0. The van der Waals surface area contributed by atoms with Gasteiger partial charge in [-0.15, -0.1) is 0 Å². The second kappa shape index (κ2) is 60.7. The Balaban J connectivity index is -0.0000000200. The van der Waals surface area contributed by atoms with Gasteiger partial charge in [-0.3, -0.25) is 10.1 Å². The molecule has 0 heterocycles. The SMILES string of the molecule is N.O=[NH+][O-].[Cl-]. The van der Waals surface area contributed by atoms with Crippen molar-refractivity contribution in [3.8, 4) is 0 Å². The van der Waals surface area contributed by atoms with Crippen LogP contribution in [0.1, 0.15) is 0 Å². The third kappa shape index (κ3) is 81.1. The Morgan fingerprint density at radius 1 is 1.60 bits per heavy atom. The van der Waals surface area contributed by atoms with E-state index in [1.54, 1.807) is 0 Å². The topological polar surface area (TPSA) is 89.1 Å². The van der Waals surface area contributed by atoms with Crippen molar-refractivity contribution in [1.29, 1.82) is 0 Å². The van der Waals surface area contributed by atoms with Gasteiger partial charge in [0.05, 0.1) is 0 Å². The van der Waals surface area contributed by atoms with Gasteiger partial charge in [-0.1, -0.05) is 0 Å². The number of nitrogens with one attached hydrogen (secondary N) is 1. The summed E-state index contributed by atoms with van der Waals surface area (Å²) in [5.41, 5.74) is 0. The first-order valence-corrected chi connectivity index (χ1v) is 0.408. The van der Waals surface area contributed by atoms with Crippen molar-refractivity contribution < 1.29 is 17.7 Å². The first-order valence-electron chi connectivity index (χ1n) is 0.408. The van der Waals surface area contributed by atoms with Crippen LogP contribution in [0.25, 0.3) is 0 Å². The number of hydrogen-bond acceptors (Lipinski definition) is 3. The first kappa shape index (κ1) is 22.8. The van der Waals surface area contributed by atoms with Gasteiger partial charge in [0.2, 0.25) is 0 Å². The predicted octanol–water partition coefficient (Wildman–Crippen LogP) is -4.50. The summed E-state index contributed by atoms with van der Waals surface area (Å²) in [7, 11) is 0. The molecule has 0 aromatic rings. The van der Waals surface area contributed by atoms with Crippen LogP contribution in [0, 0.1) is 10.1 Å². The van der Waals surface area contributed by atoms with E-state index in [2.05, 4.69) is 0 Å². The molecule has 0 rings (SSSR count). The van der Waals surface area contributed by atoms with E-state index in [0.29, 0.717) is 0 Å². The van der Waals surface area contributed by atoms with E-state index in [-0.39, 0.29) is 23.9 Å². The Bertz CT molecular complexity index is 15.1. The molecule has 0 aliphatic rings. The molecule has 0 aliphatic heterocycles.